The number of unbranched alkanes of at least 4 members (excludes halogenated alkanes) is 1. The van der Waals surface area contributed by atoms with Gasteiger partial charge < -0.3 is 37.8 Å². The summed E-state index contributed by atoms with van der Waals surface area (Å²) in [6, 6.07) is -2.80. The first-order chi connectivity index (χ1) is 13.1. The van der Waals surface area contributed by atoms with Crippen LogP contribution in [0.4, 0.5) is 0 Å². The van der Waals surface area contributed by atoms with Crippen molar-refractivity contribution in [2.24, 2.45) is 11.5 Å². The fourth-order valence-corrected chi connectivity index (χ4v) is 2.00. The van der Waals surface area contributed by atoms with Crippen molar-refractivity contribution < 1.29 is 29.1 Å². The van der Waals surface area contributed by atoms with Gasteiger partial charge in [0.25, 0.3) is 0 Å². The number of amides is 4. The van der Waals surface area contributed by atoms with Crippen molar-refractivity contribution in [2.75, 3.05) is 19.6 Å². The van der Waals surface area contributed by atoms with E-state index in [9.17, 15) is 24.0 Å². The Bertz CT molecular complexity index is 568. The SMILES string of the molecule is C[C@H](N)C(=O)NCC(=O)N[C@@H](C)C(=O)NCC(=O)N[C@@H](CCCCN)C(=O)O. The van der Waals surface area contributed by atoms with Gasteiger partial charge in [0, 0.05) is 0 Å². The van der Waals surface area contributed by atoms with Gasteiger partial charge in [-0.25, -0.2) is 4.79 Å². The first-order valence-electron chi connectivity index (χ1n) is 8.91. The van der Waals surface area contributed by atoms with Gasteiger partial charge in [-0.1, -0.05) is 0 Å². The minimum Gasteiger partial charge on any atom is -0.480 e. The second kappa shape index (κ2) is 13.4. The highest BCUT2D eigenvalue weighted by Gasteiger charge is 2.21. The maximum Gasteiger partial charge on any atom is 0.326 e. The van der Waals surface area contributed by atoms with Gasteiger partial charge in [-0.05, 0) is 39.7 Å². The normalized spacial score (nSPS) is 13.6. The molecule has 160 valence electrons. The lowest BCUT2D eigenvalue weighted by molar-refractivity contribution is -0.142. The molecule has 28 heavy (non-hydrogen) atoms. The van der Waals surface area contributed by atoms with Crippen molar-refractivity contribution in [1.29, 1.82) is 0 Å². The highest BCUT2D eigenvalue weighted by Crippen LogP contribution is 2.00. The Hall–Kier alpha value is -2.73. The molecule has 0 aliphatic rings. The molecular formula is C16H30N6O6. The third-order valence-corrected chi connectivity index (χ3v) is 3.61. The highest BCUT2D eigenvalue weighted by atomic mass is 16.4. The van der Waals surface area contributed by atoms with E-state index in [0.717, 1.165) is 0 Å². The lowest BCUT2D eigenvalue weighted by Gasteiger charge is -2.17. The Kier molecular flexibility index (Phi) is 12.1. The van der Waals surface area contributed by atoms with E-state index in [2.05, 4.69) is 21.3 Å². The Labute approximate surface area is 163 Å². The number of carbonyl (C=O) groups is 5. The molecule has 0 radical (unpaired) electrons. The third-order valence-electron chi connectivity index (χ3n) is 3.61. The van der Waals surface area contributed by atoms with Crippen LogP contribution in [0.25, 0.3) is 0 Å². The number of nitrogens with one attached hydrogen (secondary N) is 4. The van der Waals surface area contributed by atoms with Crippen molar-refractivity contribution in [3.63, 3.8) is 0 Å². The average molecular weight is 402 g/mol. The highest BCUT2D eigenvalue weighted by molar-refractivity contribution is 5.92. The maximum atomic E-state index is 11.9. The molecule has 0 heterocycles. The van der Waals surface area contributed by atoms with E-state index in [1.807, 2.05) is 0 Å². The molecule has 3 atom stereocenters. The minimum atomic E-state index is -1.17. The summed E-state index contributed by atoms with van der Waals surface area (Å²) < 4.78 is 0. The van der Waals surface area contributed by atoms with Gasteiger partial charge in [0.05, 0.1) is 19.1 Å². The Morgan fingerprint density at radius 1 is 0.893 bits per heavy atom. The van der Waals surface area contributed by atoms with Crippen LogP contribution >= 0.6 is 0 Å². The molecule has 0 bridgehead atoms. The molecule has 12 heteroatoms. The Morgan fingerprint density at radius 3 is 1.93 bits per heavy atom. The second-order valence-corrected chi connectivity index (χ2v) is 6.26. The molecule has 0 fully saturated rings. The van der Waals surface area contributed by atoms with Crippen molar-refractivity contribution >= 4 is 29.6 Å². The monoisotopic (exact) mass is 402 g/mol. The molecule has 0 aromatic rings. The molecule has 9 N–H and O–H groups in total. The van der Waals surface area contributed by atoms with Crippen LogP contribution in [-0.2, 0) is 24.0 Å². The minimum absolute atomic E-state index is 0.228. The summed E-state index contributed by atoms with van der Waals surface area (Å²) in [5.41, 5.74) is 10.7. The maximum absolute atomic E-state index is 11.9. The number of carboxylic acids is 1. The summed E-state index contributed by atoms with van der Waals surface area (Å²) in [7, 11) is 0. The summed E-state index contributed by atoms with van der Waals surface area (Å²) in [6.45, 7) is 2.49. The van der Waals surface area contributed by atoms with E-state index < -0.39 is 54.3 Å². The molecular weight excluding hydrogens is 372 g/mol. The number of aliphatic carboxylic acids is 1. The van der Waals surface area contributed by atoms with E-state index in [1.54, 1.807) is 0 Å². The Balaban J connectivity index is 4.28. The zero-order chi connectivity index (χ0) is 21.7. The summed E-state index contributed by atoms with van der Waals surface area (Å²) in [5.74, 6) is -3.60. The lowest BCUT2D eigenvalue weighted by Crippen LogP contribution is -2.51. The lowest BCUT2D eigenvalue weighted by atomic mass is 10.1. The van der Waals surface area contributed by atoms with Crippen molar-refractivity contribution in [1.82, 2.24) is 21.3 Å². The second-order valence-electron chi connectivity index (χ2n) is 6.26. The molecule has 4 amide bonds. The molecule has 0 aliphatic carbocycles. The molecule has 0 saturated heterocycles. The summed E-state index contributed by atoms with van der Waals surface area (Å²) in [4.78, 5) is 57.8. The van der Waals surface area contributed by atoms with Gasteiger partial charge in [0.15, 0.2) is 0 Å². The number of rotatable bonds is 13. The van der Waals surface area contributed by atoms with Crippen LogP contribution in [0, 0.1) is 0 Å². The van der Waals surface area contributed by atoms with Crippen LogP contribution in [0.15, 0.2) is 0 Å². The fourth-order valence-electron chi connectivity index (χ4n) is 2.00. The largest absolute Gasteiger partial charge is 0.480 e. The van der Waals surface area contributed by atoms with Crippen molar-refractivity contribution in [3.8, 4) is 0 Å². The number of hydrogen-bond donors (Lipinski definition) is 7. The number of hydrogen-bond acceptors (Lipinski definition) is 7. The van der Waals surface area contributed by atoms with E-state index in [1.165, 1.54) is 13.8 Å². The Morgan fingerprint density at radius 2 is 1.43 bits per heavy atom. The molecule has 0 unspecified atom stereocenters. The predicted octanol–water partition coefficient (Wildman–Crippen LogP) is -3.23. The quantitative estimate of drug-likeness (QED) is 0.155. The van der Waals surface area contributed by atoms with E-state index in [0.29, 0.717) is 19.4 Å². The molecule has 12 nitrogen and oxygen atoms in total. The summed E-state index contributed by atoms with van der Waals surface area (Å²) >= 11 is 0. The van der Waals surface area contributed by atoms with Crippen molar-refractivity contribution in [3.05, 3.63) is 0 Å². The molecule has 0 aromatic heterocycles. The number of nitrogens with two attached hydrogens (primary N) is 2. The fraction of sp³-hybridized carbons (Fsp3) is 0.688. The number of carboxylic acid groups (broad SMARTS) is 1. The van der Waals surface area contributed by atoms with Gasteiger partial charge in [0.1, 0.15) is 12.1 Å². The van der Waals surface area contributed by atoms with Crippen LogP contribution < -0.4 is 32.7 Å². The van der Waals surface area contributed by atoms with Gasteiger partial charge >= 0.3 is 5.97 Å². The molecule has 0 rings (SSSR count). The smallest absolute Gasteiger partial charge is 0.326 e. The van der Waals surface area contributed by atoms with E-state index >= 15 is 0 Å². The predicted molar refractivity (Wildman–Crippen MR) is 99.7 cm³/mol. The number of carbonyl (C=O) groups excluding carboxylic acids is 4. The molecule has 0 aromatic carbocycles. The zero-order valence-electron chi connectivity index (χ0n) is 16.1. The van der Waals surface area contributed by atoms with Gasteiger partial charge in [0.2, 0.25) is 23.6 Å². The van der Waals surface area contributed by atoms with Gasteiger partial charge in [-0.15, -0.1) is 0 Å². The average Bonchev–Trinajstić information content (AvgIpc) is 2.62. The summed E-state index contributed by atoms with van der Waals surface area (Å²) in [5, 5.41) is 18.3. The van der Waals surface area contributed by atoms with Crippen LogP contribution in [0.5, 0.6) is 0 Å². The first-order valence-corrected chi connectivity index (χ1v) is 8.91. The van der Waals surface area contributed by atoms with Crippen LogP contribution in [0.3, 0.4) is 0 Å². The standard InChI is InChI=1S/C16H30N6O6/c1-9(18)14(25)19-7-12(23)21-10(2)15(26)20-8-13(24)22-11(16(27)28)5-3-4-6-17/h9-11H,3-8,17-18H2,1-2H3,(H,19,25)(H,20,26)(H,21,23)(H,22,24)(H,27,28)/t9-,10-,11-/m0/s1. The first kappa shape index (κ1) is 25.3. The van der Waals surface area contributed by atoms with Gasteiger partial charge in [-0.2, -0.15) is 0 Å². The molecule has 0 aliphatic heterocycles. The van der Waals surface area contributed by atoms with Crippen LogP contribution in [-0.4, -0.2) is 72.5 Å². The van der Waals surface area contributed by atoms with Gasteiger partial charge in [-0.3, -0.25) is 19.2 Å². The van der Waals surface area contributed by atoms with Crippen LogP contribution in [0.2, 0.25) is 0 Å². The molecule has 0 spiro atoms. The zero-order valence-corrected chi connectivity index (χ0v) is 16.1. The molecule has 0 saturated carbocycles. The topological polar surface area (TPSA) is 206 Å². The van der Waals surface area contributed by atoms with Crippen molar-refractivity contribution in [2.45, 2.75) is 51.2 Å². The third kappa shape index (κ3) is 11.1. The van der Waals surface area contributed by atoms with Crippen LogP contribution in [0.1, 0.15) is 33.1 Å². The van der Waals surface area contributed by atoms with E-state index in [-0.39, 0.29) is 13.0 Å². The van der Waals surface area contributed by atoms with E-state index in [4.69, 9.17) is 16.6 Å². The summed E-state index contributed by atoms with van der Waals surface area (Å²) in [6.07, 6.45) is 1.41.